The van der Waals surface area contributed by atoms with Crippen molar-refractivity contribution in [1.29, 1.82) is 5.41 Å². The first-order chi connectivity index (χ1) is 13.3. The maximum atomic E-state index is 14.0. The van der Waals surface area contributed by atoms with Crippen LogP contribution in [-0.2, 0) is 32.1 Å². The number of halogens is 3. The molecule has 0 bridgehead atoms. The van der Waals surface area contributed by atoms with Crippen LogP contribution in [0.3, 0.4) is 0 Å². The van der Waals surface area contributed by atoms with Gasteiger partial charge < -0.3 is 15.6 Å². The average Bonchev–Trinajstić information content (AvgIpc) is 2.95. The summed E-state index contributed by atoms with van der Waals surface area (Å²) in [5.74, 6) is -0.0185. The number of nitrogens with two attached hydrogens (primary N) is 1. The number of hydrogen-bond donors (Lipinski definition) is 3. The normalized spacial score (nSPS) is 16.9. The standard InChI is InChI=1S/C21H21F3N4/c22-21(23,24)18-14(7-6-13-4-2-1-3-5-13)10-15-11-27-17(20(25)26)12-28-9-8-16(18)19(15)28/h1-5,8-10,17,27H,6-7,11-12H2,(H3,25,26). The molecule has 1 atom stereocenters. The molecule has 0 radical (unpaired) electrons. The molecular weight excluding hydrogens is 365 g/mol. The third-order valence-corrected chi connectivity index (χ3v) is 5.31. The van der Waals surface area contributed by atoms with E-state index in [1.807, 2.05) is 30.3 Å². The third-order valence-electron chi connectivity index (χ3n) is 5.31. The lowest BCUT2D eigenvalue weighted by atomic mass is 9.94. The van der Waals surface area contributed by atoms with Crippen molar-refractivity contribution in [3.63, 3.8) is 0 Å². The van der Waals surface area contributed by atoms with Gasteiger partial charge in [-0.15, -0.1) is 0 Å². The van der Waals surface area contributed by atoms with Crippen LogP contribution in [0.2, 0.25) is 0 Å². The van der Waals surface area contributed by atoms with Gasteiger partial charge in [0.15, 0.2) is 0 Å². The highest BCUT2D eigenvalue weighted by atomic mass is 19.4. The van der Waals surface area contributed by atoms with Crippen LogP contribution >= 0.6 is 0 Å². The summed E-state index contributed by atoms with van der Waals surface area (Å²) in [7, 11) is 0. The minimum absolute atomic E-state index is 0.0185. The molecule has 0 saturated carbocycles. The lowest BCUT2D eigenvalue weighted by molar-refractivity contribution is -0.136. The van der Waals surface area contributed by atoms with Gasteiger partial charge >= 0.3 is 6.18 Å². The number of alkyl halides is 3. The summed E-state index contributed by atoms with van der Waals surface area (Å²) in [5, 5.41) is 11.1. The molecular formula is C21H21F3N4. The van der Waals surface area contributed by atoms with E-state index in [1.165, 1.54) is 6.07 Å². The van der Waals surface area contributed by atoms with Crippen LogP contribution in [0.1, 0.15) is 22.3 Å². The number of rotatable bonds is 4. The fourth-order valence-electron chi connectivity index (χ4n) is 4.00. The van der Waals surface area contributed by atoms with E-state index in [1.54, 1.807) is 16.8 Å². The van der Waals surface area contributed by atoms with Crippen molar-refractivity contribution in [2.24, 2.45) is 5.73 Å². The smallest absolute Gasteiger partial charge is 0.386 e. The molecule has 0 spiro atoms. The monoisotopic (exact) mass is 386 g/mol. The summed E-state index contributed by atoms with van der Waals surface area (Å²) in [4.78, 5) is 0. The molecule has 146 valence electrons. The zero-order chi connectivity index (χ0) is 19.9. The summed E-state index contributed by atoms with van der Waals surface area (Å²) < 4.78 is 43.8. The summed E-state index contributed by atoms with van der Waals surface area (Å²) in [6.45, 7) is 0.716. The molecule has 3 aromatic rings. The number of benzene rings is 2. The van der Waals surface area contributed by atoms with Gasteiger partial charge in [-0.1, -0.05) is 36.4 Å². The van der Waals surface area contributed by atoms with Crippen LogP contribution in [0.15, 0.2) is 48.7 Å². The molecule has 4 N–H and O–H groups in total. The molecule has 4 nitrogen and oxygen atoms in total. The fraction of sp³-hybridized carbons (Fsp3) is 0.286. The predicted molar refractivity (Wildman–Crippen MR) is 103 cm³/mol. The van der Waals surface area contributed by atoms with Crippen molar-refractivity contribution < 1.29 is 13.2 Å². The summed E-state index contributed by atoms with van der Waals surface area (Å²) >= 11 is 0. The lowest BCUT2D eigenvalue weighted by Crippen LogP contribution is -2.42. The Morgan fingerprint density at radius 2 is 1.93 bits per heavy atom. The number of aromatic nitrogens is 1. The molecule has 0 saturated heterocycles. The van der Waals surface area contributed by atoms with Crippen LogP contribution in [-0.4, -0.2) is 16.4 Å². The molecule has 1 aliphatic heterocycles. The van der Waals surface area contributed by atoms with E-state index in [0.29, 0.717) is 37.0 Å². The molecule has 0 aliphatic carbocycles. The third kappa shape index (κ3) is 3.38. The molecule has 28 heavy (non-hydrogen) atoms. The highest BCUT2D eigenvalue weighted by Crippen LogP contribution is 2.40. The molecule has 7 heteroatoms. The topological polar surface area (TPSA) is 66.8 Å². The first kappa shape index (κ1) is 18.6. The minimum Gasteiger partial charge on any atom is -0.386 e. The van der Waals surface area contributed by atoms with E-state index in [0.717, 1.165) is 11.1 Å². The van der Waals surface area contributed by atoms with Crippen molar-refractivity contribution >= 4 is 16.7 Å². The van der Waals surface area contributed by atoms with Gasteiger partial charge in [0.25, 0.3) is 0 Å². The van der Waals surface area contributed by atoms with Gasteiger partial charge in [0.2, 0.25) is 0 Å². The van der Waals surface area contributed by atoms with E-state index < -0.39 is 17.8 Å². The second kappa shape index (κ2) is 6.98. The number of hydrogen-bond acceptors (Lipinski definition) is 2. The Labute approximate surface area is 160 Å². The summed E-state index contributed by atoms with van der Waals surface area (Å²) in [5.41, 5.74) is 7.78. The van der Waals surface area contributed by atoms with Gasteiger partial charge in [0.1, 0.15) is 5.84 Å². The molecule has 2 aromatic carbocycles. The summed E-state index contributed by atoms with van der Waals surface area (Å²) in [6, 6.07) is 12.3. The number of amidine groups is 1. The second-order valence-corrected chi connectivity index (χ2v) is 7.17. The predicted octanol–water partition coefficient (Wildman–Crippen LogP) is 3.85. The minimum atomic E-state index is -4.43. The molecule has 0 fully saturated rings. The Bertz CT molecular complexity index is 1020. The molecule has 1 unspecified atom stereocenters. The molecule has 1 aliphatic rings. The first-order valence-electron chi connectivity index (χ1n) is 9.16. The van der Waals surface area contributed by atoms with Crippen LogP contribution < -0.4 is 11.1 Å². The highest BCUT2D eigenvalue weighted by Gasteiger charge is 2.37. The maximum Gasteiger partial charge on any atom is 0.417 e. The van der Waals surface area contributed by atoms with Crippen LogP contribution in [0.4, 0.5) is 13.2 Å². The Balaban J connectivity index is 1.81. The number of nitrogens with one attached hydrogen (secondary N) is 2. The van der Waals surface area contributed by atoms with Gasteiger partial charge in [-0.2, -0.15) is 13.2 Å². The molecule has 1 aromatic heterocycles. The van der Waals surface area contributed by atoms with Crippen LogP contribution in [0.5, 0.6) is 0 Å². The van der Waals surface area contributed by atoms with Crippen molar-refractivity contribution in [1.82, 2.24) is 9.88 Å². The van der Waals surface area contributed by atoms with Gasteiger partial charge in [-0.25, -0.2) is 0 Å². The lowest BCUT2D eigenvalue weighted by Gasteiger charge is -2.17. The maximum absolute atomic E-state index is 14.0. The van der Waals surface area contributed by atoms with Gasteiger partial charge in [-0.3, -0.25) is 5.41 Å². The molecule has 4 rings (SSSR count). The highest BCUT2D eigenvalue weighted by molar-refractivity contribution is 5.90. The van der Waals surface area contributed by atoms with Crippen molar-refractivity contribution in [3.8, 4) is 0 Å². The second-order valence-electron chi connectivity index (χ2n) is 7.17. The number of nitrogens with zero attached hydrogens (tertiary/aromatic N) is 1. The zero-order valence-corrected chi connectivity index (χ0v) is 15.2. The Hall–Kier alpha value is -2.80. The number of aryl methyl sites for hydroxylation is 2. The zero-order valence-electron chi connectivity index (χ0n) is 15.2. The van der Waals surface area contributed by atoms with Crippen molar-refractivity contribution in [2.45, 2.75) is 38.1 Å². The molecule has 0 amide bonds. The van der Waals surface area contributed by atoms with E-state index in [2.05, 4.69) is 5.32 Å². The van der Waals surface area contributed by atoms with Gasteiger partial charge in [-0.05, 0) is 35.6 Å². The van der Waals surface area contributed by atoms with E-state index in [9.17, 15) is 13.2 Å². The Morgan fingerprint density at radius 3 is 2.61 bits per heavy atom. The molecule has 2 heterocycles. The largest absolute Gasteiger partial charge is 0.417 e. The Morgan fingerprint density at radius 1 is 1.18 bits per heavy atom. The average molecular weight is 386 g/mol. The van der Waals surface area contributed by atoms with E-state index in [4.69, 9.17) is 11.1 Å². The quantitative estimate of drug-likeness (QED) is 0.471. The summed E-state index contributed by atoms with van der Waals surface area (Å²) in [6.07, 6.45) is -1.92. The van der Waals surface area contributed by atoms with Gasteiger partial charge in [0, 0.05) is 24.7 Å². The van der Waals surface area contributed by atoms with Crippen LogP contribution in [0, 0.1) is 5.41 Å². The van der Waals surface area contributed by atoms with E-state index >= 15 is 0 Å². The van der Waals surface area contributed by atoms with Gasteiger partial charge in [0.05, 0.1) is 17.1 Å². The first-order valence-corrected chi connectivity index (χ1v) is 9.16. The van der Waals surface area contributed by atoms with Crippen LogP contribution in [0.25, 0.3) is 10.9 Å². The van der Waals surface area contributed by atoms with Crippen molar-refractivity contribution in [3.05, 3.63) is 70.9 Å². The van der Waals surface area contributed by atoms with Crippen molar-refractivity contribution in [2.75, 3.05) is 0 Å². The SMILES string of the molecule is N=C(N)C1Cn2ccc3c(C(F)(F)F)c(CCc4ccccc4)cc(c32)CN1. The fourth-order valence-corrected chi connectivity index (χ4v) is 4.00. The van der Waals surface area contributed by atoms with E-state index in [-0.39, 0.29) is 11.2 Å². The Kier molecular flexibility index (Phi) is 4.63.